The molecule has 0 aliphatic carbocycles. The van der Waals surface area contributed by atoms with Gasteiger partial charge in [0.25, 0.3) is 0 Å². The normalized spacial score (nSPS) is 12.3. The van der Waals surface area contributed by atoms with Gasteiger partial charge < -0.3 is 4.74 Å². The van der Waals surface area contributed by atoms with Crippen LogP contribution in [0.3, 0.4) is 0 Å². The molecule has 108 valence electrons. The average molecular weight is 374 g/mol. The maximum Gasteiger partial charge on any atom is 0.328 e. The first-order chi connectivity index (χ1) is 9.61. The van der Waals surface area contributed by atoms with Gasteiger partial charge in [-0.25, -0.2) is 4.79 Å². The molecule has 0 aliphatic rings. The van der Waals surface area contributed by atoms with Gasteiger partial charge >= 0.3 is 5.97 Å². The third-order valence-electron chi connectivity index (χ3n) is 2.74. The molecule has 0 saturated carbocycles. The summed E-state index contributed by atoms with van der Waals surface area (Å²) in [5, 5.41) is 5.32. The minimum Gasteiger partial charge on any atom is -0.465 e. The standard InChI is InChI=1S/C14H16BrNO2S2/c1-3-18-14(17)13(12-7-11(15)9(2)20-12)16-8-10-5-4-6-19-10/h4-7,13,16H,3,8H2,1-2H3. The van der Waals surface area contributed by atoms with Gasteiger partial charge in [0, 0.05) is 25.6 Å². The fraction of sp³-hybridized carbons (Fsp3) is 0.357. The second kappa shape index (κ2) is 7.36. The van der Waals surface area contributed by atoms with Crippen molar-refractivity contribution >= 4 is 44.6 Å². The molecular weight excluding hydrogens is 358 g/mol. The van der Waals surface area contributed by atoms with Crippen molar-refractivity contribution in [3.8, 4) is 0 Å². The van der Waals surface area contributed by atoms with E-state index in [9.17, 15) is 4.79 Å². The molecule has 0 aromatic carbocycles. The molecule has 2 aromatic rings. The van der Waals surface area contributed by atoms with Crippen LogP contribution < -0.4 is 5.32 Å². The second-order valence-electron chi connectivity index (χ2n) is 4.20. The van der Waals surface area contributed by atoms with Gasteiger partial charge in [0.1, 0.15) is 6.04 Å². The molecule has 0 fully saturated rings. The fourth-order valence-electron chi connectivity index (χ4n) is 1.77. The van der Waals surface area contributed by atoms with Gasteiger partial charge in [-0.05, 0) is 47.3 Å². The van der Waals surface area contributed by atoms with E-state index in [1.165, 1.54) is 4.88 Å². The molecule has 1 unspecified atom stereocenters. The van der Waals surface area contributed by atoms with E-state index in [2.05, 4.69) is 27.3 Å². The number of esters is 1. The molecule has 0 amide bonds. The van der Waals surface area contributed by atoms with Crippen LogP contribution in [0.25, 0.3) is 0 Å². The molecule has 0 saturated heterocycles. The number of halogens is 1. The number of rotatable bonds is 6. The highest BCUT2D eigenvalue weighted by molar-refractivity contribution is 9.10. The van der Waals surface area contributed by atoms with Gasteiger partial charge in [0.2, 0.25) is 0 Å². The van der Waals surface area contributed by atoms with Crippen molar-refractivity contribution in [2.24, 2.45) is 0 Å². The third-order valence-corrected chi connectivity index (χ3v) is 5.82. The minimum atomic E-state index is -0.410. The molecular formula is C14H16BrNO2S2. The Bertz CT molecular complexity index is 546. The Morgan fingerprint density at radius 1 is 1.55 bits per heavy atom. The molecule has 2 rings (SSSR count). The summed E-state index contributed by atoms with van der Waals surface area (Å²) in [5.74, 6) is -0.224. The maximum atomic E-state index is 12.1. The van der Waals surface area contributed by atoms with E-state index in [-0.39, 0.29) is 5.97 Å². The van der Waals surface area contributed by atoms with Crippen LogP contribution in [0.4, 0.5) is 0 Å². The van der Waals surface area contributed by atoms with Crippen LogP contribution in [0.1, 0.15) is 27.6 Å². The van der Waals surface area contributed by atoms with E-state index in [0.717, 1.165) is 14.2 Å². The van der Waals surface area contributed by atoms with E-state index in [1.807, 2.05) is 31.4 Å². The second-order valence-corrected chi connectivity index (χ2v) is 7.37. The summed E-state index contributed by atoms with van der Waals surface area (Å²) in [5.41, 5.74) is 0. The number of ether oxygens (including phenoxy) is 1. The third kappa shape index (κ3) is 3.91. The van der Waals surface area contributed by atoms with Crippen molar-refractivity contribution in [3.63, 3.8) is 0 Å². The molecule has 0 spiro atoms. The predicted octanol–water partition coefficient (Wildman–Crippen LogP) is 4.27. The minimum absolute atomic E-state index is 0.224. The lowest BCUT2D eigenvalue weighted by atomic mass is 10.2. The zero-order valence-corrected chi connectivity index (χ0v) is 14.5. The summed E-state index contributed by atoms with van der Waals surface area (Å²) in [6.45, 7) is 4.90. The van der Waals surface area contributed by atoms with Crippen molar-refractivity contribution in [2.75, 3.05) is 6.61 Å². The zero-order chi connectivity index (χ0) is 14.5. The molecule has 20 heavy (non-hydrogen) atoms. The Labute approximate surface area is 135 Å². The number of carbonyl (C=O) groups is 1. The van der Waals surface area contributed by atoms with Crippen LogP contribution in [0.2, 0.25) is 0 Å². The molecule has 0 aliphatic heterocycles. The summed E-state index contributed by atoms with van der Waals surface area (Å²) in [4.78, 5) is 15.5. The molecule has 0 radical (unpaired) electrons. The van der Waals surface area contributed by atoms with Gasteiger partial charge in [0.05, 0.1) is 6.61 Å². The zero-order valence-electron chi connectivity index (χ0n) is 11.3. The Kier molecular flexibility index (Phi) is 5.77. The van der Waals surface area contributed by atoms with E-state index in [1.54, 1.807) is 22.7 Å². The van der Waals surface area contributed by atoms with Crippen molar-refractivity contribution in [1.82, 2.24) is 5.32 Å². The van der Waals surface area contributed by atoms with E-state index >= 15 is 0 Å². The van der Waals surface area contributed by atoms with Crippen LogP contribution in [-0.4, -0.2) is 12.6 Å². The highest BCUT2D eigenvalue weighted by Crippen LogP contribution is 2.31. The first-order valence-corrected chi connectivity index (χ1v) is 8.79. The number of thiophene rings is 2. The lowest BCUT2D eigenvalue weighted by Crippen LogP contribution is -2.29. The van der Waals surface area contributed by atoms with E-state index < -0.39 is 6.04 Å². The summed E-state index contributed by atoms with van der Waals surface area (Å²) >= 11 is 6.77. The van der Waals surface area contributed by atoms with Crippen LogP contribution in [0, 0.1) is 6.92 Å². The van der Waals surface area contributed by atoms with Crippen LogP contribution in [0.15, 0.2) is 28.1 Å². The van der Waals surface area contributed by atoms with Crippen molar-refractivity contribution in [2.45, 2.75) is 26.4 Å². The molecule has 6 heteroatoms. The highest BCUT2D eigenvalue weighted by Gasteiger charge is 2.24. The Balaban J connectivity index is 2.13. The Morgan fingerprint density at radius 2 is 2.35 bits per heavy atom. The lowest BCUT2D eigenvalue weighted by Gasteiger charge is -2.15. The molecule has 3 nitrogen and oxygen atoms in total. The van der Waals surface area contributed by atoms with Gasteiger partial charge in [-0.1, -0.05) is 6.07 Å². The molecule has 1 N–H and O–H groups in total. The van der Waals surface area contributed by atoms with Crippen molar-refractivity contribution < 1.29 is 9.53 Å². The summed E-state index contributed by atoms with van der Waals surface area (Å²) < 4.78 is 6.20. The van der Waals surface area contributed by atoms with Gasteiger partial charge in [-0.2, -0.15) is 0 Å². The van der Waals surface area contributed by atoms with Gasteiger partial charge in [0.15, 0.2) is 0 Å². The highest BCUT2D eigenvalue weighted by atomic mass is 79.9. The van der Waals surface area contributed by atoms with Crippen LogP contribution in [0.5, 0.6) is 0 Å². The lowest BCUT2D eigenvalue weighted by molar-refractivity contribution is -0.145. The molecule has 2 aromatic heterocycles. The topological polar surface area (TPSA) is 38.3 Å². The van der Waals surface area contributed by atoms with Crippen molar-refractivity contribution in [3.05, 3.63) is 42.7 Å². The summed E-state index contributed by atoms with van der Waals surface area (Å²) in [6, 6.07) is 5.64. The molecule has 1 atom stereocenters. The summed E-state index contributed by atoms with van der Waals surface area (Å²) in [6.07, 6.45) is 0. The van der Waals surface area contributed by atoms with Crippen LogP contribution in [-0.2, 0) is 16.1 Å². The number of carbonyl (C=O) groups excluding carboxylic acids is 1. The quantitative estimate of drug-likeness (QED) is 0.768. The number of nitrogens with one attached hydrogen (secondary N) is 1. The molecule has 2 heterocycles. The van der Waals surface area contributed by atoms with Crippen molar-refractivity contribution in [1.29, 1.82) is 0 Å². The van der Waals surface area contributed by atoms with Gasteiger partial charge in [-0.3, -0.25) is 5.32 Å². The summed E-state index contributed by atoms with van der Waals surface area (Å²) in [7, 11) is 0. The predicted molar refractivity (Wildman–Crippen MR) is 87.3 cm³/mol. The number of hydrogen-bond donors (Lipinski definition) is 1. The van der Waals surface area contributed by atoms with E-state index in [0.29, 0.717) is 13.2 Å². The monoisotopic (exact) mass is 373 g/mol. The Hall–Kier alpha value is -0.690. The number of hydrogen-bond acceptors (Lipinski definition) is 5. The van der Waals surface area contributed by atoms with Gasteiger partial charge in [-0.15, -0.1) is 22.7 Å². The van der Waals surface area contributed by atoms with Crippen LogP contribution >= 0.6 is 38.6 Å². The average Bonchev–Trinajstić information content (AvgIpc) is 3.02. The largest absolute Gasteiger partial charge is 0.465 e. The smallest absolute Gasteiger partial charge is 0.328 e. The first kappa shape index (κ1) is 15.7. The fourth-order valence-corrected chi connectivity index (χ4v) is 4.05. The first-order valence-electron chi connectivity index (χ1n) is 6.30. The SMILES string of the molecule is CCOC(=O)C(NCc1cccs1)c1cc(Br)c(C)s1. The molecule has 0 bridgehead atoms. The number of aryl methyl sites for hydroxylation is 1. The Morgan fingerprint density at radius 3 is 2.90 bits per heavy atom. The van der Waals surface area contributed by atoms with E-state index in [4.69, 9.17) is 4.74 Å². The maximum absolute atomic E-state index is 12.1.